The number of fused-ring (bicyclic) bond motifs is 1. The summed E-state index contributed by atoms with van der Waals surface area (Å²) in [6.45, 7) is 3.95. The van der Waals surface area contributed by atoms with Gasteiger partial charge in [0, 0.05) is 17.3 Å². The van der Waals surface area contributed by atoms with E-state index in [1.54, 1.807) is 17.0 Å². The van der Waals surface area contributed by atoms with Gasteiger partial charge in [-0.05, 0) is 37.6 Å². The summed E-state index contributed by atoms with van der Waals surface area (Å²) >= 11 is 5.52. The van der Waals surface area contributed by atoms with Gasteiger partial charge < -0.3 is 4.90 Å². The largest absolute Gasteiger partial charge is 0.309 e. The lowest BCUT2D eigenvalue weighted by Crippen LogP contribution is -2.33. The summed E-state index contributed by atoms with van der Waals surface area (Å²) in [5, 5.41) is 0. The number of Topliss-reactive ketones (excluding diaryl/α,β-unsaturated/α-hetero) is 1. The molecule has 0 saturated heterocycles. The normalized spacial score (nSPS) is 14.4. The van der Waals surface area contributed by atoms with Gasteiger partial charge in [-0.15, -0.1) is 11.6 Å². The Labute approximate surface area is 105 Å². The van der Waals surface area contributed by atoms with Gasteiger partial charge in [0.05, 0.1) is 12.3 Å². The van der Waals surface area contributed by atoms with Crippen LogP contribution in [0.15, 0.2) is 18.2 Å². The smallest absolute Gasteiger partial charge is 0.231 e. The molecule has 1 aliphatic heterocycles. The van der Waals surface area contributed by atoms with Crippen molar-refractivity contribution in [2.75, 3.05) is 10.8 Å². The molecule has 1 heterocycles. The number of amides is 1. The number of benzene rings is 1. The first-order chi connectivity index (χ1) is 8.04. The number of ketones is 1. The summed E-state index contributed by atoms with van der Waals surface area (Å²) in [4.78, 5) is 25.1. The molecule has 0 saturated carbocycles. The van der Waals surface area contributed by atoms with Crippen molar-refractivity contribution in [3.63, 3.8) is 0 Å². The van der Waals surface area contributed by atoms with Gasteiger partial charge in [-0.3, -0.25) is 9.59 Å². The molecule has 0 radical (unpaired) electrons. The maximum atomic E-state index is 11.8. The fraction of sp³-hybridized carbons (Fsp3) is 0.385. The molecule has 1 amide bonds. The Bertz CT molecular complexity index is 482. The fourth-order valence-electron chi connectivity index (χ4n) is 2.16. The quantitative estimate of drug-likeness (QED) is 0.611. The third kappa shape index (κ3) is 2.07. The van der Waals surface area contributed by atoms with Gasteiger partial charge in [-0.1, -0.05) is 0 Å². The zero-order valence-corrected chi connectivity index (χ0v) is 10.6. The fourth-order valence-corrected chi connectivity index (χ4v) is 2.32. The second-order valence-electron chi connectivity index (χ2n) is 4.43. The highest BCUT2D eigenvalue weighted by Crippen LogP contribution is 2.31. The lowest BCUT2D eigenvalue weighted by atomic mass is 10.1. The number of hydrogen-bond donors (Lipinski definition) is 0. The Hall–Kier alpha value is -1.35. The molecule has 0 fully saturated rings. The highest BCUT2D eigenvalue weighted by molar-refractivity contribution is 6.30. The highest BCUT2D eigenvalue weighted by atomic mass is 35.5. The molecule has 90 valence electrons. The Morgan fingerprint density at radius 1 is 1.47 bits per heavy atom. The van der Waals surface area contributed by atoms with Gasteiger partial charge in [0.1, 0.15) is 0 Å². The molecule has 0 N–H and O–H groups in total. The van der Waals surface area contributed by atoms with Gasteiger partial charge >= 0.3 is 0 Å². The number of rotatable bonds is 3. The van der Waals surface area contributed by atoms with E-state index in [0.717, 1.165) is 11.3 Å². The average molecular weight is 252 g/mol. The molecule has 4 heteroatoms. The molecule has 1 aliphatic rings. The van der Waals surface area contributed by atoms with Gasteiger partial charge in [0.25, 0.3) is 0 Å². The van der Waals surface area contributed by atoms with Crippen LogP contribution in [0.4, 0.5) is 5.69 Å². The van der Waals surface area contributed by atoms with Crippen molar-refractivity contribution < 1.29 is 9.59 Å². The van der Waals surface area contributed by atoms with E-state index in [1.807, 2.05) is 19.9 Å². The van der Waals surface area contributed by atoms with E-state index in [1.165, 1.54) is 0 Å². The SMILES string of the molecule is CC(C)N1C(=O)Cc2cc(C(=O)CCl)ccc21. The standard InChI is InChI=1S/C13H14ClNO2/c1-8(2)15-11-4-3-9(12(16)7-14)5-10(11)6-13(15)17/h3-5,8H,6-7H2,1-2H3. The Kier molecular flexibility index (Phi) is 3.20. The number of alkyl halides is 1. The summed E-state index contributed by atoms with van der Waals surface area (Å²) in [7, 11) is 0. The van der Waals surface area contributed by atoms with Crippen molar-refractivity contribution in [3.8, 4) is 0 Å². The molecule has 1 aromatic rings. The number of nitrogens with zero attached hydrogens (tertiary/aromatic N) is 1. The molecular formula is C13H14ClNO2. The van der Waals surface area contributed by atoms with Crippen LogP contribution in [0.5, 0.6) is 0 Å². The van der Waals surface area contributed by atoms with Crippen LogP contribution in [0.25, 0.3) is 0 Å². The van der Waals surface area contributed by atoms with E-state index in [-0.39, 0.29) is 23.6 Å². The zero-order chi connectivity index (χ0) is 12.6. The Morgan fingerprint density at radius 3 is 2.76 bits per heavy atom. The predicted octanol–water partition coefficient (Wildman–Crippen LogP) is 2.41. The second kappa shape index (κ2) is 4.49. The van der Waals surface area contributed by atoms with E-state index < -0.39 is 0 Å². The van der Waals surface area contributed by atoms with E-state index in [4.69, 9.17) is 11.6 Å². The monoisotopic (exact) mass is 251 g/mol. The summed E-state index contributed by atoms with van der Waals surface area (Å²) in [5.41, 5.74) is 2.41. The van der Waals surface area contributed by atoms with Crippen LogP contribution in [0.1, 0.15) is 29.8 Å². The number of carbonyl (C=O) groups is 2. The van der Waals surface area contributed by atoms with Gasteiger partial charge in [-0.2, -0.15) is 0 Å². The second-order valence-corrected chi connectivity index (χ2v) is 4.70. The molecule has 3 nitrogen and oxygen atoms in total. The van der Waals surface area contributed by atoms with Crippen molar-refractivity contribution in [1.29, 1.82) is 0 Å². The van der Waals surface area contributed by atoms with Crippen LogP contribution < -0.4 is 4.90 Å². The van der Waals surface area contributed by atoms with Crippen molar-refractivity contribution in [1.82, 2.24) is 0 Å². The highest BCUT2D eigenvalue weighted by Gasteiger charge is 2.29. The minimum absolute atomic E-state index is 0.0272. The predicted molar refractivity (Wildman–Crippen MR) is 67.8 cm³/mol. The number of hydrogen-bond acceptors (Lipinski definition) is 2. The van der Waals surface area contributed by atoms with Crippen LogP contribution in [0, 0.1) is 0 Å². The van der Waals surface area contributed by atoms with Crippen LogP contribution in [0.3, 0.4) is 0 Å². The number of halogens is 1. The maximum Gasteiger partial charge on any atom is 0.231 e. The summed E-state index contributed by atoms with van der Waals surface area (Å²) < 4.78 is 0. The van der Waals surface area contributed by atoms with Crippen molar-refractivity contribution in [2.24, 2.45) is 0 Å². The van der Waals surface area contributed by atoms with Crippen LogP contribution in [0.2, 0.25) is 0 Å². The van der Waals surface area contributed by atoms with Crippen molar-refractivity contribution in [2.45, 2.75) is 26.3 Å². The summed E-state index contributed by atoms with van der Waals surface area (Å²) in [6.07, 6.45) is 0.372. The molecule has 0 aromatic heterocycles. The van der Waals surface area contributed by atoms with E-state index in [2.05, 4.69) is 0 Å². The first-order valence-corrected chi connectivity index (χ1v) is 6.12. The Balaban J connectivity index is 2.41. The summed E-state index contributed by atoms with van der Waals surface area (Å²) in [6, 6.07) is 5.48. The van der Waals surface area contributed by atoms with E-state index >= 15 is 0 Å². The van der Waals surface area contributed by atoms with Crippen molar-refractivity contribution >= 4 is 29.0 Å². The lowest BCUT2D eigenvalue weighted by molar-refractivity contribution is -0.117. The maximum absolute atomic E-state index is 11.8. The van der Waals surface area contributed by atoms with Gasteiger partial charge in [0.2, 0.25) is 5.91 Å². The minimum Gasteiger partial charge on any atom is -0.309 e. The zero-order valence-electron chi connectivity index (χ0n) is 9.87. The molecule has 0 spiro atoms. The number of carbonyl (C=O) groups excluding carboxylic acids is 2. The lowest BCUT2D eigenvalue weighted by Gasteiger charge is -2.21. The third-order valence-corrected chi connectivity index (χ3v) is 3.15. The minimum atomic E-state index is -0.107. The molecular weight excluding hydrogens is 238 g/mol. The van der Waals surface area contributed by atoms with Gasteiger partial charge in [0.15, 0.2) is 5.78 Å². The van der Waals surface area contributed by atoms with Crippen molar-refractivity contribution in [3.05, 3.63) is 29.3 Å². The first kappa shape index (κ1) is 12.1. The molecule has 0 bridgehead atoms. The van der Waals surface area contributed by atoms with Crippen LogP contribution in [-0.2, 0) is 11.2 Å². The molecule has 0 unspecified atom stereocenters. The summed E-state index contributed by atoms with van der Waals surface area (Å²) in [5.74, 6) is -0.0453. The molecule has 0 aliphatic carbocycles. The van der Waals surface area contributed by atoms with E-state index in [9.17, 15) is 9.59 Å². The third-order valence-electron chi connectivity index (χ3n) is 2.91. The van der Waals surface area contributed by atoms with E-state index in [0.29, 0.717) is 12.0 Å². The van der Waals surface area contributed by atoms with Crippen LogP contribution in [-0.4, -0.2) is 23.6 Å². The molecule has 17 heavy (non-hydrogen) atoms. The van der Waals surface area contributed by atoms with Crippen LogP contribution >= 0.6 is 11.6 Å². The van der Waals surface area contributed by atoms with Gasteiger partial charge in [-0.25, -0.2) is 0 Å². The topological polar surface area (TPSA) is 37.4 Å². The molecule has 0 atom stereocenters. The Morgan fingerprint density at radius 2 is 2.18 bits per heavy atom. The molecule has 1 aromatic carbocycles. The average Bonchev–Trinajstić information content (AvgIpc) is 2.62. The first-order valence-electron chi connectivity index (χ1n) is 5.58. The number of anilines is 1. The molecule has 2 rings (SSSR count).